The van der Waals surface area contributed by atoms with Gasteiger partial charge in [0, 0.05) is 20.4 Å². The maximum absolute atomic E-state index is 13.0. The lowest BCUT2D eigenvalue weighted by Crippen LogP contribution is -2.24. The van der Waals surface area contributed by atoms with E-state index in [-0.39, 0.29) is 11.2 Å². The Labute approximate surface area is 223 Å². The highest BCUT2D eigenvalue weighted by Gasteiger charge is 2.22. The van der Waals surface area contributed by atoms with Crippen LogP contribution in [-0.4, -0.2) is 35.3 Å². The Hall–Kier alpha value is -2.98. The molecule has 180 valence electrons. The van der Waals surface area contributed by atoms with Crippen molar-refractivity contribution >= 4 is 45.9 Å². The predicted molar refractivity (Wildman–Crippen MR) is 150 cm³/mol. The van der Waals surface area contributed by atoms with Crippen LogP contribution >= 0.6 is 34.4 Å². The van der Waals surface area contributed by atoms with Crippen molar-refractivity contribution in [2.45, 2.75) is 23.8 Å². The van der Waals surface area contributed by atoms with Crippen molar-refractivity contribution in [3.8, 4) is 34.0 Å². The number of benzene rings is 3. The first kappa shape index (κ1) is 25.1. The van der Waals surface area contributed by atoms with E-state index in [4.69, 9.17) is 14.5 Å². The van der Waals surface area contributed by atoms with Crippen molar-refractivity contribution in [3.05, 3.63) is 76.4 Å². The Kier molecular flexibility index (Phi) is 8.35. The second-order valence-corrected chi connectivity index (χ2v) is 10.2. The lowest BCUT2D eigenvalue weighted by atomic mass is 10.0. The van der Waals surface area contributed by atoms with E-state index < -0.39 is 0 Å². The SMILES string of the molecule is CCC(Sc1nc(-c2ccc(OC)cc2)c(-c2ccc(OC)cc2)[nH]1)C(=O)Nc1ccc(I)cc1. The molecule has 0 saturated carbocycles. The number of rotatable bonds is 9. The van der Waals surface area contributed by atoms with Gasteiger partial charge < -0.3 is 19.8 Å². The number of carbonyl (C=O) groups excluding carboxylic acids is 1. The van der Waals surface area contributed by atoms with Gasteiger partial charge >= 0.3 is 0 Å². The van der Waals surface area contributed by atoms with E-state index in [1.807, 2.05) is 79.7 Å². The number of nitrogens with one attached hydrogen (secondary N) is 2. The molecule has 0 aliphatic carbocycles. The molecule has 4 aromatic rings. The van der Waals surface area contributed by atoms with Gasteiger partial charge in [-0.25, -0.2) is 4.98 Å². The van der Waals surface area contributed by atoms with Crippen LogP contribution in [0.1, 0.15) is 13.3 Å². The van der Waals surface area contributed by atoms with E-state index in [1.165, 1.54) is 11.8 Å². The minimum absolute atomic E-state index is 0.0490. The highest BCUT2D eigenvalue weighted by Crippen LogP contribution is 2.36. The summed E-state index contributed by atoms with van der Waals surface area (Å²) in [4.78, 5) is 21.4. The van der Waals surface area contributed by atoms with Gasteiger partial charge in [0.05, 0.1) is 30.9 Å². The standard InChI is InChI=1S/C27H26IN3O3S/c1-4-23(26(32)29-20-11-9-19(28)10-12-20)35-27-30-24(17-5-13-21(33-2)14-6-17)25(31-27)18-7-15-22(34-3)16-8-18/h5-16,23H,4H2,1-3H3,(H,29,32)(H,30,31). The number of anilines is 1. The molecule has 1 atom stereocenters. The van der Waals surface area contributed by atoms with E-state index in [0.29, 0.717) is 11.6 Å². The van der Waals surface area contributed by atoms with E-state index in [9.17, 15) is 4.79 Å². The number of methoxy groups -OCH3 is 2. The molecule has 1 unspecified atom stereocenters. The summed E-state index contributed by atoms with van der Waals surface area (Å²) >= 11 is 3.67. The van der Waals surface area contributed by atoms with Crippen LogP contribution in [0.5, 0.6) is 11.5 Å². The maximum Gasteiger partial charge on any atom is 0.237 e. The van der Waals surface area contributed by atoms with Gasteiger partial charge in [0.25, 0.3) is 0 Å². The zero-order valence-corrected chi connectivity index (χ0v) is 22.6. The van der Waals surface area contributed by atoms with Crippen molar-refractivity contribution in [1.82, 2.24) is 9.97 Å². The summed E-state index contributed by atoms with van der Waals surface area (Å²) < 4.78 is 11.7. The van der Waals surface area contributed by atoms with Crippen molar-refractivity contribution < 1.29 is 14.3 Å². The monoisotopic (exact) mass is 599 g/mol. The molecule has 2 N–H and O–H groups in total. The fraction of sp³-hybridized carbons (Fsp3) is 0.185. The van der Waals surface area contributed by atoms with E-state index in [0.717, 1.165) is 43.3 Å². The smallest absolute Gasteiger partial charge is 0.237 e. The van der Waals surface area contributed by atoms with Crippen LogP contribution in [0.25, 0.3) is 22.5 Å². The molecule has 0 radical (unpaired) electrons. The topological polar surface area (TPSA) is 76.2 Å². The number of ether oxygens (including phenoxy) is 2. The quantitative estimate of drug-likeness (QED) is 0.162. The molecule has 1 aromatic heterocycles. The Morgan fingerprint density at radius 2 is 1.51 bits per heavy atom. The lowest BCUT2D eigenvalue weighted by Gasteiger charge is -2.13. The van der Waals surface area contributed by atoms with Crippen LogP contribution in [0.2, 0.25) is 0 Å². The number of amides is 1. The summed E-state index contributed by atoms with van der Waals surface area (Å²) in [5, 5.41) is 3.41. The van der Waals surface area contributed by atoms with Gasteiger partial charge in [-0.15, -0.1) is 0 Å². The third kappa shape index (κ3) is 6.18. The zero-order valence-electron chi connectivity index (χ0n) is 19.7. The molecule has 0 aliphatic rings. The molecule has 35 heavy (non-hydrogen) atoms. The number of thioether (sulfide) groups is 1. The summed E-state index contributed by atoms with van der Waals surface area (Å²) in [5.74, 6) is 1.52. The molecule has 1 amide bonds. The maximum atomic E-state index is 13.0. The van der Waals surface area contributed by atoms with Gasteiger partial charge in [0.15, 0.2) is 5.16 Å². The highest BCUT2D eigenvalue weighted by molar-refractivity contribution is 14.1. The van der Waals surface area contributed by atoms with Gasteiger partial charge in [-0.1, -0.05) is 18.7 Å². The number of imidazole rings is 1. The molecule has 0 aliphatic heterocycles. The highest BCUT2D eigenvalue weighted by atomic mass is 127. The number of H-pyrrole nitrogens is 1. The van der Waals surface area contributed by atoms with Crippen LogP contribution in [0, 0.1) is 3.57 Å². The van der Waals surface area contributed by atoms with Crippen LogP contribution in [0.4, 0.5) is 5.69 Å². The van der Waals surface area contributed by atoms with Crippen molar-refractivity contribution in [2.24, 2.45) is 0 Å². The first-order valence-corrected chi connectivity index (χ1v) is 13.1. The molecule has 0 saturated heterocycles. The number of hydrogen-bond acceptors (Lipinski definition) is 5. The number of aromatic amines is 1. The Bertz CT molecular complexity index is 1210. The summed E-state index contributed by atoms with van der Waals surface area (Å²) in [7, 11) is 3.29. The molecule has 3 aromatic carbocycles. The molecular weight excluding hydrogens is 573 g/mol. The first-order valence-electron chi connectivity index (χ1n) is 11.1. The van der Waals surface area contributed by atoms with Crippen molar-refractivity contribution in [1.29, 1.82) is 0 Å². The molecular formula is C27H26IN3O3S. The second kappa shape index (κ2) is 11.6. The van der Waals surface area contributed by atoms with Crippen molar-refractivity contribution in [3.63, 3.8) is 0 Å². The van der Waals surface area contributed by atoms with E-state index in [2.05, 4.69) is 32.9 Å². The van der Waals surface area contributed by atoms with Gasteiger partial charge in [0.2, 0.25) is 5.91 Å². The Balaban J connectivity index is 1.63. The molecule has 4 rings (SSSR count). The Morgan fingerprint density at radius 1 is 0.943 bits per heavy atom. The summed E-state index contributed by atoms with van der Waals surface area (Å²) in [6, 6.07) is 23.4. The molecule has 0 bridgehead atoms. The van der Waals surface area contributed by atoms with Crippen molar-refractivity contribution in [2.75, 3.05) is 19.5 Å². The van der Waals surface area contributed by atoms with E-state index in [1.54, 1.807) is 14.2 Å². The minimum Gasteiger partial charge on any atom is -0.497 e. The van der Waals surface area contributed by atoms with Crippen LogP contribution < -0.4 is 14.8 Å². The lowest BCUT2D eigenvalue weighted by molar-refractivity contribution is -0.115. The first-order chi connectivity index (χ1) is 17.0. The number of nitrogens with zero attached hydrogens (tertiary/aromatic N) is 1. The average Bonchev–Trinajstić information content (AvgIpc) is 3.32. The van der Waals surface area contributed by atoms with Gasteiger partial charge in [-0.3, -0.25) is 4.79 Å². The number of hydrogen-bond donors (Lipinski definition) is 2. The second-order valence-electron chi connectivity index (χ2n) is 7.73. The fourth-order valence-corrected chi connectivity index (χ4v) is 4.81. The summed E-state index contributed by atoms with van der Waals surface area (Å²) in [5.41, 5.74) is 4.41. The predicted octanol–water partition coefficient (Wildman–Crippen LogP) is 6.87. The number of aromatic nitrogens is 2. The zero-order chi connectivity index (χ0) is 24.8. The molecule has 0 fully saturated rings. The normalized spacial score (nSPS) is 11.7. The molecule has 6 nitrogen and oxygen atoms in total. The van der Waals surface area contributed by atoms with Gasteiger partial charge in [0.1, 0.15) is 11.5 Å². The van der Waals surface area contributed by atoms with Crippen LogP contribution in [0.3, 0.4) is 0 Å². The molecule has 0 spiro atoms. The van der Waals surface area contributed by atoms with Gasteiger partial charge in [-0.05, 0) is 102 Å². The van der Waals surface area contributed by atoms with Crippen LogP contribution in [-0.2, 0) is 4.79 Å². The third-order valence-electron chi connectivity index (χ3n) is 5.45. The minimum atomic E-state index is -0.298. The van der Waals surface area contributed by atoms with Gasteiger partial charge in [-0.2, -0.15) is 0 Å². The average molecular weight is 599 g/mol. The summed E-state index contributed by atoms with van der Waals surface area (Å²) in [6.07, 6.45) is 0.664. The van der Waals surface area contributed by atoms with Crippen LogP contribution in [0.15, 0.2) is 78.0 Å². The molecule has 1 heterocycles. The Morgan fingerprint density at radius 3 is 2.06 bits per heavy atom. The number of carbonyl (C=O) groups is 1. The molecule has 8 heteroatoms. The third-order valence-corrected chi connectivity index (χ3v) is 7.42. The fourth-order valence-electron chi connectivity index (χ4n) is 3.54. The summed E-state index contributed by atoms with van der Waals surface area (Å²) in [6.45, 7) is 2.00. The largest absolute Gasteiger partial charge is 0.497 e. The number of halogens is 1. The van der Waals surface area contributed by atoms with E-state index >= 15 is 0 Å².